The Hall–Kier alpha value is -1.53. The lowest BCUT2D eigenvalue weighted by Crippen LogP contribution is -2.43. The Morgan fingerprint density at radius 3 is 2.44 bits per heavy atom. The van der Waals surface area contributed by atoms with Gasteiger partial charge >= 0.3 is 0 Å². The van der Waals surface area contributed by atoms with Crippen LogP contribution in [0.15, 0.2) is 6.07 Å². The van der Waals surface area contributed by atoms with E-state index in [9.17, 15) is 5.26 Å². The quantitative estimate of drug-likeness (QED) is 0.822. The number of benzene rings is 1. The molecule has 0 aliphatic carbocycles. The minimum Gasteiger partial charge on any atom is -0.496 e. The third kappa shape index (κ3) is 1.97. The molecule has 0 unspecified atom stereocenters. The zero-order valence-electron chi connectivity index (χ0n) is 11.5. The Labute approximate surface area is 108 Å². The lowest BCUT2D eigenvalue weighted by atomic mass is 9.79. The zero-order chi connectivity index (χ0) is 13.3. The van der Waals surface area contributed by atoms with E-state index in [1.165, 1.54) is 16.7 Å². The molecule has 0 radical (unpaired) electrons. The van der Waals surface area contributed by atoms with Gasteiger partial charge in [0, 0.05) is 0 Å². The number of nitriles is 1. The van der Waals surface area contributed by atoms with Crippen LogP contribution in [0.2, 0.25) is 0 Å². The van der Waals surface area contributed by atoms with Crippen molar-refractivity contribution in [2.75, 3.05) is 20.3 Å². The van der Waals surface area contributed by atoms with E-state index in [4.69, 9.17) is 9.47 Å². The number of aryl methyl sites for hydroxylation is 1. The zero-order valence-corrected chi connectivity index (χ0v) is 11.5. The van der Waals surface area contributed by atoms with Crippen LogP contribution in [0.3, 0.4) is 0 Å². The summed E-state index contributed by atoms with van der Waals surface area (Å²) >= 11 is 0. The fourth-order valence-electron chi connectivity index (χ4n) is 2.56. The Kier molecular flexibility index (Phi) is 3.32. The van der Waals surface area contributed by atoms with Crippen LogP contribution in [-0.2, 0) is 11.2 Å². The van der Waals surface area contributed by atoms with Crippen LogP contribution in [0, 0.1) is 37.5 Å². The van der Waals surface area contributed by atoms with Crippen LogP contribution >= 0.6 is 0 Å². The molecule has 0 bridgehead atoms. The molecule has 1 aromatic carbocycles. The molecule has 18 heavy (non-hydrogen) atoms. The highest BCUT2D eigenvalue weighted by Gasteiger charge is 2.39. The van der Waals surface area contributed by atoms with E-state index in [-0.39, 0.29) is 5.41 Å². The summed E-state index contributed by atoms with van der Waals surface area (Å²) in [5.74, 6) is 0.951. The highest BCUT2D eigenvalue weighted by Crippen LogP contribution is 2.35. The third-order valence-electron chi connectivity index (χ3n) is 3.86. The first-order chi connectivity index (χ1) is 8.53. The summed E-state index contributed by atoms with van der Waals surface area (Å²) < 4.78 is 10.6. The molecule has 0 N–H and O–H groups in total. The topological polar surface area (TPSA) is 42.2 Å². The van der Waals surface area contributed by atoms with Crippen molar-refractivity contribution in [3.05, 3.63) is 28.3 Å². The Morgan fingerprint density at radius 2 is 2.00 bits per heavy atom. The summed E-state index contributed by atoms with van der Waals surface area (Å²) in [6.45, 7) is 7.31. The summed E-state index contributed by atoms with van der Waals surface area (Å²) in [5, 5.41) is 9.27. The second-order valence-corrected chi connectivity index (χ2v) is 5.20. The minimum absolute atomic E-state index is 0.321. The highest BCUT2D eigenvalue weighted by atomic mass is 16.5. The van der Waals surface area contributed by atoms with Crippen molar-refractivity contribution >= 4 is 0 Å². The molecular formula is C15H19NO2. The van der Waals surface area contributed by atoms with Gasteiger partial charge in [0.25, 0.3) is 0 Å². The van der Waals surface area contributed by atoms with E-state index in [1.54, 1.807) is 7.11 Å². The monoisotopic (exact) mass is 245 g/mol. The maximum Gasteiger partial charge on any atom is 0.124 e. The summed E-state index contributed by atoms with van der Waals surface area (Å²) in [5.41, 5.74) is 4.43. The molecule has 0 aromatic heterocycles. The number of methoxy groups -OCH3 is 1. The molecule has 0 atom stereocenters. The Balaban J connectivity index is 2.38. The van der Waals surface area contributed by atoms with Gasteiger partial charge in [-0.15, -0.1) is 0 Å². The first-order valence-electron chi connectivity index (χ1n) is 6.15. The molecule has 0 spiro atoms. The van der Waals surface area contributed by atoms with E-state index >= 15 is 0 Å². The van der Waals surface area contributed by atoms with Crippen molar-refractivity contribution in [3.8, 4) is 11.8 Å². The van der Waals surface area contributed by atoms with Gasteiger partial charge < -0.3 is 9.47 Å². The molecule has 96 valence electrons. The molecule has 1 fully saturated rings. The number of hydrogen-bond acceptors (Lipinski definition) is 3. The average Bonchev–Trinajstić information content (AvgIpc) is 2.30. The summed E-state index contributed by atoms with van der Waals surface area (Å²) in [6.07, 6.45) is 0.765. The second-order valence-electron chi connectivity index (χ2n) is 5.20. The van der Waals surface area contributed by atoms with E-state index in [2.05, 4.69) is 26.0 Å². The van der Waals surface area contributed by atoms with Crippen molar-refractivity contribution < 1.29 is 9.47 Å². The Bertz CT molecular complexity index is 510. The van der Waals surface area contributed by atoms with Crippen molar-refractivity contribution in [2.24, 2.45) is 5.41 Å². The number of ether oxygens (including phenoxy) is 2. The van der Waals surface area contributed by atoms with Gasteiger partial charge in [-0.25, -0.2) is 0 Å². The van der Waals surface area contributed by atoms with E-state index < -0.39 is 0 Å². The molecule has 0 saturated carbocycles. The van der Waals surface area contributed by atoms with Gasteiger partial charge in [0.1, 0.15) is 11.2 Å². The molecule has 1 heterocycles. The van der Waals surface area contributed by atoms with Crippen LogP contribution in [0.25, 0.3) is 0 Å². The predicted molar refractivity (Wildman–Crippen MR) is 69.8 cm³/mol. The lowest BCUT2D eigenvalue weighted by Gasteiger charge is -2.35. The van der Waals surface area contributed by atoms with Crippen molar-refractivity contribution in [2.45, 2.75) is 27.2 Å². The second kappa shape index (κ2) is 4.62. The third-order valence-corrected chi connectivity index (χ3v) is 3.86. The predicted octanol–water partition coefficient (Wildman–Crippen LogP) is 2.70. The number of hydrogen-bond donors (Lipinski definition) is 0. The van der Waals surface area contributed by atoms with Crippen molar-refractivity contribution in [1.29, 1.82) is 5.26 Å². The minimum atomic E-state index is -0.321. The lowest BCUT2D eigenvalue weighted by molar-refractivity contribution is -0.0766. The normalized spacial score (nSPS) is 16.8. The maximum absolute atomic E-state index is 9.27. The van der Waals surface area contributed by atoms with Crippen molar-refractivity contribution in [3.63, 3.8) is 0 Å². The fourth-order valence-corrected chi connectivity index (χ4v) is 2.56. The number of nitrogens with zero attached hydrogens (tertiary/aromatic N) is 1. The van der Waals surface area contributed by atoms with E-state index in [0.717, 1.165) is 17.7 Å². The van der Waals surface area contributed by atoms with E-state index in [0.29, 0.717) is 13.2 Å². The van der Waals surface area contributed by atoms with Gasteiger partial charge in [-0.3, -0.25) is 0 Å². The van der Waals surface area contributed by atoms with Gasteiger partial charge in [0.2, 0.25) is 0 Å². The molecule has 1 aliphatic heterocycles. The SMILES string of the molecule is COc1c(C)cc(CC2(C#N)COC2)c(C)c1C. The molecule has 0 amide bonds. The van der Waals surface area contributed by atoms with Crippen LogP contribution in [0.5, 0.6) is 5.75 Å². The van der Waals surface area contributed by atoms with Crippen molar-refractivity contribution in [1.82, 2.24) is 0 Å². The number of rotatable bonds is 3. The average molecular weight is 245 g/mol. The van der Waals surface area contributed by atoms with Gasteiger partial charge in [-0.2, -0.15) is 5.26 Å². The highest BCUT2D eigenvalue weighted by molar-refractivity contribution is 5.49. The van der Waals surface area contributed by atoms with Gasteiger partial charge in [0.05, 0.1) is 26.4 Å². The van der Waals surface area contributed by atoms with E-state index in [1.807, 2.05) is 6.92 Å². The van der Waals surface area contributed by atoms with Crippen LogP contribution in [-0.4, -0.2) is 20.3 Å². The fraction of sp³-hybridized carbons (Fsp3) is 0.533. The van der Waals surface area contributed by atoms with Gasteiger partial charge in [-0.1, -0.05) is 6.07 Å². The van der Waals surface area contributed by atoms with Crippen LogP contribution in [0.4, 0.5) is 0 Å². The standard InChI is InChI=1S/C15H19NO2/c1-10-5-13(6-15(7-16)8-18-9-15)11(2)12(3)14(10)17-4/h5H,6,8-9H2,1-4H3. The first-order valence-corrected chi connectivity index (χ1v) is 6.15. The van der Waals surface area contributed by atoms with Crippen LogP contribution < -0.4 is 4.74 Å². The van der Waals surface area contributed by atoms with Crippen LogP contribution in [0.1, 0.15) is 22.3 Å². The summed E-state index contributed by atoms with van der Waals surface area (Å²) in [7, 11) is 1.70. The van der Waals surface area contributed by atoms with Gasteiger partial charge in [-0.05, 0) is 49.4 Å². The Morgan fingerprint density at radius 1 is 1.33 bits per heavy atom. The summed E-state index contributed by atoms with van der Waals surface area (Å²) in [6, 6.07) is 4.54. The van der Waals surface area contributed by atoms with Gasteiger partial charge in [0.15, 0.2) is 0 Å². The molecule has 3 nitrogen and oxygen atoms in total. The smallest absolute Gasteiger partial charge is 0.124 e. The summed E-state index contributed by atoms with van der Waals surface area (Å²) in [4.78, 5) is 0. The molecule has 3 heteroatoms. The largest absolute Gasteiger partial charge is 0.496 e. The first kappa shape index (κ1) is 12.9. The molecule has 1 aliphatic rings. The molecule has 1 aromatic rings. The molecule has 2 rings (SSSR count). The molecule has 1 saturated heterocycles. The molecular weight excluding hydrogens is 226 g/mol. The maximum atomic E-state index is 9.27.